The lowest BCUT2D eigenvalue weighted by Crippen LogP contribution is -2.02. The van der Waals surface area contributed by atoms with Crippen LogP contribution in [0.1, 0.15) is 10.6 Å². The Balaban J connectivity index is 1.84. The van der Waals surface area contributed by atoms with Gasteiger partial charge in [-0.25, -0.2) is 4.98 Å². The Morgan fingerprint density at radius 1 is 1.21 bits per heavy atom. The number of nitrogens with one attached hydrogen (secondary N) is 1. The third-order valence-electron chi connectivity index (χ3n) is 3.39. The number of hydrogen-bond donors (Lipinski definition) is 1. The van der Waals surface area contributed by atoms with E-state index in [0.29, 0.717) is 10.0 Å². The summed E-state index contributed by atoms with van der Waals surface area (Å²) in [6.45, 7) is 1.98. The standard InChI is InChI=1S/C18H13ClN4S/c1-12-4-2-3-5-15(12)22-23-16(10-20)18-21-17(11-24-18)13-6-8-14(19)9-7-13/h2-9,11,22H,1H3/b23-16-. The molecule has 24 heavy (non-hydrogen) atoms. The van der Waals surface area contributed by atoms with Crippen molar-refractivity contribution in [2.75, 3.05) is 5.43 Å². The minimum absolute atomic E-state index is 0.253. The van der Waals surface area contributed by atoms with Crippen molar-refractivity contribution in [2.24, 2.45) is 5.10 Å². The number of rotatable bonds is 4. The first kappa shape index (κ1) is 16.2. The average molecular weight is 353 g/mol. The van der Waals surface area contributed by atoms with Crippen molar-refractivity contribution in [3.63, 3.8) is 0 Å². The highest BCUT2D eigenvalue weighted by molar-refractivity contribution is 7.12. The van der Waals surface area contributed by atoms with Crippen molar-refractivity contribution in [1.82, 2.24) is 4.98 Å². The van der Waals surface area contributed by atoms with Crippen molar-refractivity contribution in [2.45, 2.75) is 6.92 Å². The van der Waals surface area contributed by atoms with Crippen LogP contribution >= 0.6 is 22.9 Å². The number of hydrogen-bond acceptors (Lipinski definition) is 5. The Hall–Kier alpha value is -2.68. The predicted octanol–water partition coefficient (Wildman–Crippen LogP) is 5.11. The molecule has 1 N–H and O–H groups in total. The van der Waals surface area contributed by atoms with Gasteiger partial charge in [-0.3, -0.25) is 5.43 Å². The molecule has 0 atom stereocenters. The van der Waals surface area contributed by atoms with Crippen LogP contribution in [0.5, 0.6) is 0 Å². The van der Waals surface area contributed by atoms with E-state index in [9.17, 15) is 5.26 Å². The number of thiazole rings is 1. The van der Waals surface area contributed by atoms with Crippen LogP contribution in [0.15, 0.2) is 59.0 Å². The lowest BCUT2D eigenvalue weighted by atomic mass is 10.2. The summed E-state index contributed by atoms with van der Waals surface area (Å²) in [6.07, 6.45) is 0. The highest BCUT2D eigenvalue weighted by atomic mass is 35.5. The molecule has 0 fully saturated rings. The fourth-order valence-electron chi connectivity index (χ4n) is 2.07. The quantitative estimate of drug-likeness (QED) is 0.524. The van der Waals surface area contributed by atoms with Gasteiger partial charge in [-0.2, -0.15) is 10.4 Å². The maximum Gasteiger partial charge on any atom is 0.196 e. The van der Waals surface area contributed by atoms with E-state index in [1.165, 1.54) is 11.3 Å². The van der Waals surface area contributed by atoms with E-state index < -0.39 is 0 Å². The van der Waals surface area contributed by atoms with Crippen LogP contribution in [0, 0.1) is 18.3 Å². The van der Waals surface area contributed by atoms with Crippen LogP contribution in [-0.2, 0) is 0 Å². The van der Waals surface area contributed by atoms with Crippen molar-refractivity contribution in [1.29, 1.82) is 5.26 Å². The van der Waals surface area contributed by atoms with Crippen LogP contribution < -0.4 is 5.43 Å². The number of hydrazone groups is 1. The number of benzene rings is 2. The number of halogens is 1. The summed E-state index contributed by atoms with van der Waals surface area (Å²) in [5.41, 5.74) is 6.85. The van der Waals surface area contributed by atoms with E-state index in [1.807, 2.05) is 60.8 Å². The van der Waals surface area contributed by atoms with Gasteiger partial charge in [0, 0.05) is 16.0 Å². The number of nitriles is 1. The molecule has 0 saturated carbocycles. The predicted molar refractivity (Wildman–Crippen MR) is 99.5 cm³/mol. The molecule has 0 spiro atoms. The van der Waals surface area contributed by atoms with E-state index in [1.54, 1.807) is 0 Å². The molecule has 0 aliphatic carbocycles. The third-order valence-corrected chi connectivity index (χ3v) is 4.49. The van der Waals surface area contributed by atoms with E-state index in [2.05, 4.69) is 21.6 Å². The number of aryl methyl sites for hydroxylation is 1. The molecule has 1 heterocycles. The molecule has 6 heteroatoms. The summed E-state index contributed by atoms with van der Waals surface area (Å²) in [5, 5.41) is 16.7. The lowest BCUT2D eigenvalue weighted by Gasteiger charge is -2.03. The minimum Gasteiger partial charge on any atom is -0.277 e. The Bertz CT molecular complexity index is 923. The number of nitrogens with zero attached hydrogens (tertiary/aromatic N) is 3. The van der Waals surface area contributed by atoms with Crippen LogP contribution in [0.25, 0.3) is 11.3 Å². The summed E-state index contributed by atoms with van der Waals surface area (Å²) in [5.74, 6) is 0. The first-order valence-electron chi connectivity index (χ1n) is 7.18. The van der Waals surface area contributed by atoms with Gasteiger partial charge in [0.15, 0.2) is 10.7 Å². The van der Waals surface area contributed by atoms with Gasteiger partial charge in [0.25, 0.3) is 0 Å². The van der Waals surface area contributed by atoms with Gasteiger partial charge < -0.3 is 0 Å². The Morgan fingerprint density at radius 2 is 1.96 bits per heavy atom. The molecule has 3 aromatic rings. The summed E-state index contributed by atoms with van der Waals surface area (Å²) >= 11 is 7.28. The molecule has 118 valence electrons. The van der Waals surface area contributed by atoms with Crippen LogP contribution in [-0.4, -0.2) is 10.7 Å². The molecule has 0 aliphatic heterocycles. The molecule has 0 saturated heterocycles. The molecule has 0 unspecified atom stereocenters. The molecule has 0 radical (unpaired) electrons. The fraction of sp³-hybridized carbons (Fsp3) is 0.0556. The zero-order valence-electron chi connectivity index (χ0n) is 12.8. The summed E-state index contributed by atoms with van der Waals surface area (Å²) in [7, 11) is 0. The number of anilines is 1. The lowest BCUT2D eigenvalue weighted by molar-refractivity contribution is 1.28. The third kappa shape index (κ3) is 3.62. The van der Waals surface area contributed by atoms with Gasteiger partial charge >= 0.3 is 0 Å². The van der Waals surface area contributed by atoms with Crippen molar-refractivity contribution < 1.29 is 0 Å². The second kappa shape index (κ2) is 7.26. The normalized spacial score (nSPS) is 11.1. The first-order chi connectivity index (χ1) is 11.7. The van der Waals surface area contributed by atoms with Gasteiger partial charge in [0.05, 0.1) is 11.4 Å². The van der Waals surface area contributed by atoms with Crippen molar-refractivity contribution in [3.8, 4) is 17.3 Å². The van der Waals surface area contributed by atoms with Gasteiger partial charge in [0.1, 0.15) is 6.07 Å². The molecule has 0 aliphatic rings. The van der Waals surface area contributed by atoms with E-state index >= 15 is 0 Å². The average Bonchev–Trinajstić information content (AvgIpc) is 3.07. The maximum absolute atomic E-state index is 9.37. The van der Waals surface area contributed by atoms with Gasteiger partial charge in [-0.15, -0.1) is 11.3 Å². The summed E-state index contributed by atoms with van der Waals surface area (Å²) < 4.78 is 0. The van der Waals surface area contributed by atoms with Crippen LogP contribution in [0.2, 0.25) is 5.02 Å². The molecule has 4 nitrogen and oxygen atoms in total. The Labute approximate surface area is 149 Å². The zero-order valence-corrected chi connectivity index (χ0v) is 14.4. The van der Waals surface area contributed by atoms with Crippen LogP contribution in [0.3, 0.4) is 0 Å². The van der Waals surface area contributed by atoms with Gasteiger partial charge in [-0.1, -0.05) is 41.9 Å². The second-order valence-electron chi connectivity index (χ2n) is 5.04. The summed E-state index contributed by atoms with van der Waals surface area (Å²) in [6, 6.07) is 17.3. The molecule has 2 aromatic carbocycles. The van der Waals surface area contributed by atoms with Gasteiger partial charge in [-0.05, 0) is 30.7 Å². The molecular weight excluding hydrogens is 340 g/mol. The highest BCUT2D eigenvalue weighted by Crippen LogP contribution is 2.24. The fourth-order valence-corrected chi connectivity index (χ4v) is 2.96. The molecule has 1 aromatic heterocycles. The first-order valence-corrected chi connectivity index (χ1v) is 8.44. The number of aromatic nitrogens is 1. The molecule has 3 rings (SSSR count). The Morgan fingerprint density at radius 3 is 2.67 bits per heavy atom. The van der Waals surface area contributed by atoms with E-state index in [-0.39, 0.29) is 5.71 Å². The Kier molecular flexibility index (Phi) is 4.90. The highest BCUT2D eigenvalue weighted by Gasteiger charge is 2.10. The molecule has 0 amide bonds. The largest absolute Gasteiger partial charge is 0.277 e. The monoisotopic (exact) mass is 352 g/mol. The number of para-hydroxylation sites is 1. The van der Waals surface area contributed by atoms with Crippen molar-refractivity contribution in [3.05, 3.63) is 69.5 Å². The maximum atomic E-state index is 9.37. The minimum atomic E-state index is 0.253. The van der Waals surface area contributed by atoms with Crippen molar-refractivity contribution >= 4 is 34.3 Å². The summed E-state index contributed by atoms with van der Waals surface area (Å²) in [4.78, 5) is 4.50. The van der Waals surface area contributed by atoms with Gasteiger partial charge in [0.2, 0.25) is 0 Å². The smallest absolute Gasteiger partial charge is 0.196 e. The SMILES string of the molecule is Cc1ccccc1N/N=C(/C#N)c1nc(-c2ccc(Cl)cc2)cs1. The second-order valence-corrected chi connectivity index (χ2v) is 6.34. The molecule has 0 bridgehead atoms. The zero-order chi connectivity index (χ0) is 16.9. The van der Waals surface area contributed by atoms with Crippen LogP contribution in [0.4, 0.5) is 5.69 Å². The van der Waals surface area contributed by atoms with E-state index in [0.717, 1.165) is 22.5 Å². The molecular formula is C18H13ClN4S. The topological polar surface area (TPSA) is 61.1 Å². The van der Waals surface area contributed by atoms with E-state index in [4.69, 9.17) is 11.6 Å².